The molecular formula is C17H11BrClN5O2. The number of hydrogen-bond donors (Lipinski definition) is 2. The van der Waals surface area contributed by atoms with E-state index in [-0.39, 0.29) is 11.6 Å². The topological polar surface area (TPSA) is 104 Å². The highest BCUT2D eigenvalue weighted by molar-refractivity contribution is 9.10. The van der Waals surface area contributed by atoms with E-state index >= 15 is 0 Å². The number of anilines is 1. The second-order valence-corrected chi connectivity index (χ2v) is 6.46. The molecule has 26 heavy (non-hydrogen) atoms. The maximum absolute atomic E-state index is 12.0. The summed E-state index contributed by atoms with van der Waals surface area (Å²) in [6, 6.07) is 13.6. The largest absolute Gasteiger partial charge is 0.334 e. The fourth-order valence-electron chi connectivity index (χ4n) is 2.08. The van der Waals surface area contributed by atoms with Gasteiger partial charge in [-0.25, -0.2) is 4.79 Å². The molecule has 2 amide bonds. The third-order valence-corrected chi connectivity index (χ3v) is 4.10. The van der Waals surface area contributed by atoms with E-state index < -0.39 is 6.03 Å². The third kappa shape index (κ3) is 4.39. The average Bonchev–Trinajstić information content (AvgIpc) is 3.09. The molecular weight excluding hydrogens is 422 g/mol. The van der Waals surface area contributed by atoms with Gasteiger partial charge in [0.05, 0.1) is 17.1 Å². The van der Waals surface area contributed by atoms with Crippen molar-refractivity contribution in [1.82, 2.24) is 15.5 Å². The number of urea groups is 1. The number of hydrogen-bond acceptors (Lipinski definition) is 5. The van der Waals surface area contributed by atoms with Crippen LogP contribution in [0.5, 0.6) is 0 Å². The van der Waals surface area contributed by atoms with Gasteiger partial charge in [-0.15, -0.1) is 0 Å². The van der Waals surface area contributed by atoms with Crippen LogP contribution < -0.4 is 10.6 Å². The fraction of sp³-hybridized carbons (Fsp3) is 0.0588. The molecule has 7 nitrogen and oxygen atoms in total. The fourth-order valence-corrected chi connectivity index (χ4v) is 2.70. The van der Waals surface area contributed by atoms with Crippen LogP contribution in [0, 0.1) is 11.3 Å². The van der Waals surface area contributed by atoms with Crippen LogP contribution in [-0.2, 0) is 6.54 Å². The number of carbonyl (C=O) groups is 1. The summed E-state index contributed by atoms with van der Waals surface area (Å²) in [7, 11) is 0. The first-order chi connectivity index (χ1) is 12.5. The summed E-state index contributed by atoms with van der Waals surface area (Å²) in [5.74, 6) is 0.704. The van der Waals surface area contributed by atoms with Gasteiger partial charge in [0.2, 0.25) is 0 Å². The molecule has 0 unspecified atom stereocenters. The van der Waals surface area contributed by atoms with Gasteiger partial charge >= 0.3 is 6.03 Å². The Bertz CT molecular complexity index is 999. The van der Waals surface area contributed by atoms with Gasteiger partial charge in [0.25, 0.3) is 5.89 Å². The van der Waals surface area contributed by atoms with Crippen molar-refractivity contribution in [1.29, 1.82) is 5.26 Å². The van der Waals surface area contributed by atoms with E-state index in [4.69, 9.17) is 21.4 Å². The number of amides is 2. The highest BCUT2D eigenvalue weighted by atomic mass is 79.9. The normalized spacial score (nSPS) is 10.2. The Morgan fingerprint density at radius 2 is 2.15 bits per heavy atom. The number of rotatable bonds is 4. The first kappa shape index (κ1) is 17.9. The van der Waals surface area contributed by atoms with Crippen LogP contribution in [-0.4, -0.2) is 16.2 Å². The zero-order valence-corrected chi connectivity index (χ0v) is 15.5. The maximum Gasteiger partial charge on any atom is 0.319 e. The number of halogens is 2. The van der Waals surface area contributed by atoms with E-state index in [1.165, 1.54) is 12.1 Å². The van der Waals surface area contributed by atoms with Gasteiger partial charge in [-0.3, -0.25) is 0 Å². The highest BCUT2D eigenvalue weighted by Crippen LogP contribution is 2.21. The van der Waals surface area contributed by atoms with Crippen molar-refractivity contribution < 1.29 is 9.32 Å². The first-order valence-corrected chi connectivity index (χ1v) is 8.55. The molecule has 0 fully saturated rings. The Balaban J connectivity index is 1.58. The lowest BCUT2D eigenvalue weighted by Crippen LogP contribution is -2.28. The summed E-state index contributed by atoms with van der Waals surface area (Å²) in [6.07, 6.45) is 0. The van der Waals surface area contributed by atoms with Crippen LogP contribution in [0.1, 0.15) is 11.4 Å². The van der Waals surface area contributed by atoms with Crippen LogP contribution in [0.3, 0.4) is 0 Å². The standard InChI is InChI=1S/C17H11BrClN5O2/c18-12-3-1-2-10(6-12)16-23-15(24-26-16)9-21-17(25)22-13-5-4-11(8-20)14(19)7-13/h1-7H,9H2,(H2,21,22,25). The van der Waals surface area contributed by atoms with Crippen molar-refractivity contribution in [2.45, 2.75) is 6.54 Å². The smallest absolute Gasteiger partial charge is 0.319 e. The van der Waals surface area contributed by atoms with E-state index in [2.05, 4.69) is 36.7 Å². The number of benzene rings is 2. The van der Waals surface area contributed by atoms with Crippen molar-refractivity contribution in [2.75, 3.05) is 5.32 Å². The Hall–Kier alpha value is -2.89. The predicted octanol–water partition coefficient (Wildman–Crippen LogP) is 4.35. The van der Waals surface area contributed by atoms with Crippen molar-refractivity contribution in [3.63, 3.8) is 0 Å². The minimum absolute atomic E-state index is 0.0906. The summed E-state index contributed by atoms with van der Waals surface area (Å²) in [4.78, 5) is 16.2. The molecule has 0 aliphatic rings. The van der Waals surface area contributed by atoms with Gasteiger partial charge in [0.15, 0.2) is 5.82 Å². The summed E-state index contributed by atoms with van der Waals surface area (Å²) in [5, 5.41) is 18.2. The molecule has 3 aromatic rings. The Morgan fingerprint density at radius 3 is 2.88 bits per heavy atom. The lowest BCUT2D eigenvalue weighted by atomic mass is 10.2. The summed E-state index contributed by atoms with van der Waals surface area (Å²) in [6.45, 7) is 0.0906. The lowest BCUT2D eigenvalue weighted by molar-refractivity contribution is 0.251. The molecule has 0 atom stereocenters. The van der Waals surface area contributed by atoms with E-state index in [9.17, 15) is 4.79 Å². The zero-order valence-electron chi connectivity index (χ0n) is 13.2. The third-order valence-electron chi connectivity index (χ3n) is 3.29. The second-order valence-electron chi connectivity index (χ2n) is 5.14. The summed E-state index contributed by atoms with van der Waals surface area (Å²) < 4.78 is 6.09. The summed E-state index contributed by atoms with van der Waals surface area (Å²) >= 11 is 9.31. The van der Waals surface area contributed by atoms with E-state index in [0.29, 0.717) is 23.0 Å². The number of nitriles is 1. The average molecular weight is 433 g/mol. The van der Waals surface area contributed by atoms with Gasteiger partial charge in [-0.1, -0.05) is 38.8 Å². The van der Waals surface area contributed by atoms with Crippen LogP contribution >= 0.6 is 27.5 Å². The highest BCUT2D eigenvalue weighted by Gasteiger charge is 2.11. The van der Waals surface area contributed by atoms with Crippen LogP contribution in [0.4, 0.5) is 10.5 Å². The van der Waals surface area contributed by atoms with Gasteiger partial charge < -0.3 is 15.2 Å². The molecule has 0 saturated heterocycles. The molecule has 0 aliphatic heterocycles. The molecule has 3 rings (SSSR count). The first-order valence-electron chi connectivity index (χ1n) is 7.38. The monoisotopic (exact) mass is 431 g/mol. The molecule has 130 valence electrons. The minimum Gasteiger partial charge on any atom is -0.334 e. The lowest BCUT2D eigenvalue weighted by Gasteiger charge is -2.06. The molecule has 0 spiro atoms. The van der Waals surface area contributed by atoms with E-state index in [0.717, 1.165) is 10.0 Å². The SMILES string of the molecule is N#Cc1ccc(NC(=O)NCc2noc(-c3cccc(Br)c3)n2)cc1Cl. The second kappa shape index (κ2) is 7.99. The van der Waals surface area contributed by atoms with Crippen LogP contribution in [0.15, 0.2) is 51.5 Å². The molecule has 0 radical (unpaired) electrons. The molecule has 0 bridgehead atoms. The quantitative estimate of drug-likeness (QED) is 0.638. The molecule has 1 heterocycles. The van der Waals surface area contributed by atoms with Gasteiger partial charge in [0, 0.05) is 15.7 Å². The maximum atomic E-state index is 12.0. The minimum atomic E-state index is -0.459. The molecule has 0 aliphatic carbocycles. The van der Waals surface area contributed by atoms with Gasteiger partial charge in [-0.05, 0) is 36.4 Å². The van der Waals surface area contributed by atoms with Crippen molar-refractivity contribution in [3.05, 3.63) is 63.3 Å². The Kier molecular flexibility index (Phi) is 5.51. The van der Waals surface area contributed by atoms with Crippen molar-refractivity contribution in [2.24, 2.45) is 0 Å². The number of nitrogens with zero attached hydrogens (tertiary/aromatic N) is 3. The number of nitrogens with one attached hydrogen (secondary N) is 2. The number of aromatic nitrogens is 2. The van der Waals surface area contributed by atoms with E-state index in [1.54, 1.807) is 6.07 Å². The van der Waals surface area contributed by atoms with E-state index in [1.807, 2.05) is 30.3 Å². The predicted molar refractivity (Wildman–Crippen MR) is 99.5 cm³/mol. The van der Waals surface area contributed by atoms with Crippen molar-refractivity contribution >= 4 is 39.2 Å². The molecule has 9 heteroatoms. The Morgan fingerprint density at radius 1 is 1.31 bits per heavy atom. The molecule has 2 aromatic carbocycles. The van der Waals surface area contributed by atoms with Gasteiger partial charge in [0.1, 0.15) is 6.07 Å². The van der Waals surface area contributed by atoms with Gasteiger partial charge in [-0.2, -0.15) is 10.2 Å². The van der Waals surface area contributed by atoms with Crippen LogP contribution in [0.25, 0.3) is 11.5 Å². The molecule has 1 aromatic heterocycles. The van der Waals surface area contributed by atoms with Crippen LogP contribution in [0.2, 0.25) is 5.02 Å². The van der Waals surface area contributed by atoms with Crippen molar-refractivity contribution in [3.8, 4) is 17.5 Å². The summed E-state index contributed by atoms with van der Waals surface area (Å²) in [5.41, 5.74) is 1.58. The molecule has 2 N–H and O–H groups in total. The number of carbonyl (C=O) groups excluding carboxylic acids is 1. The zero-order chi connectivity index (χ0) is 18.5. The Labute approximate surface area is 162 Å². The molecule has 0 saturated carbocycles.